The summed E-state index contributed by atoms with van der Waals surface area (Å²) in [6, 6.07) is 12.9. The van der Waals surface area contributed by atoms with Crippen LogP contribution in [0.3, 0.4) is 0 Å². The first-order valence-corrected chi connectivity index (χ1v) is 9.33. The van der Waals surface area contributed by atoms with Gasteiger partial charge in [-0.2, -0.15) is 0 Å². The average Bonchev–Trinajstić information content (AvgIpc) is 3.00. The molecule has 3 nitrogen and oxygen atoms in total. The first-order valence-electron chi connectivity index (χ1n) is 9.33. The fraction of sp³-hybridized carbons (Fsp3) is 0.409. The molecule has 0 aliphatic rings. The molecule has 3 aromatic rings. The second-order valence-corrected chi connectivity index (χ2v) is 6.88. The fourth-order valence-electron chi connectivity index (χ4n) is 3.07. The number of imidazole rings is 1. The second kappa shape index (κ2) is 7.73. The zero-order chi connectivity index (χ0) is 17.8. The van der Waals surface area contributed by atoms with Crippen LogP contribution >= 0.6 is 0 Å². The predicted octanol–water partition coefficient (Wildman–Crippen LogP) is 5.92. The third-order valence-corrected chi connectivity index (χ3v) is 4.94. The van der Waals surface area contributed by atoms with Crippen LogP contribution in [0.25, 0.3) is 22.2 Å². The third-order valence-electron chi connectivity index (χ3n) is 4.94. The zero-order valence-corrected chi connectivity index (χ0v) is 15.7. The summed E-state index contributed by atoms with van der Waals surface area (Å²) in [5.41, 5.74) is 5.80. The molecule has 1 atom stereocenters. The molecule has 0 saturated carbocycles. The first-order chi connectivity index (χ1) is 12.1. The van der Waals surface area contributed by atoms with E-state index < -0.39 is 0 Å². The lowest BCUT2D eigenvalue weighted by Gasteiger charge is -2.14. The molecule has 1 heterocycles. The minimum Gasteiger partial charge on any atom is -0.493 e. The molecule has 25 heavy (non-hydrogen) atoms. The maximum Gasteiger partial charge on any atom is 0.122 e. The molecule has 0 bridgehead atoms. The maximum absolute atomic E-state index is 6.05. The number of fused-ring (bicyclic) bond motifs is 1. The standard InChI is InChI=1S/C22H28N2O/c1-5-15(3)11-12-25-22-10-8-18(13-17(22)6-2)19-7-9-20-21(14-19)24-16(4)23-20/h7-10,13-15H,5-6,11-12H2,1-4H3,(H,23,24). The van der Waals surface area contributed by atoms with Gasteiger partial charge in [0.15, 0.2) is 0 Å². The summed E-state index contributed by atoms with van der Waals surface area (Å²) in [4.78, 5) is 7.79. The number of aromatic nitrogens is 2. The Morgan fingerprint density at radius 1 is 1.08 bits per heavy atom. The Labute approximate surface area is 150 Å². The molecule has 0 aliphatic heterocycles. The lowest BCUT2D eigenvalue weighted by molar-refractivity contribution is 0.279. The van der Waals surface area contributed by atoms with Crippen LogP contribution in [-0.2, 0) is 6.42 Å². The van der Waals surface area contributed by atoms with E-state index in [0.717, 1.165) is 42.1 Å². The quantitative estimate of drug-likeness (QED) is 0.582. The molecular weight excluding hydrogens is 308 g/mol. The van der Waals surface area contributed by atoms with Crippen molar-refractivity contribution in [2.24, 2.45) is 5.92 Å². The number of hydrogen-bond acceptors (Lipinski definition) is 2. The van der Waals surface area contributed by atoms with E-state index in [2.05, 4.69) is 67.1 Å². The Morgan fingerprint density at radius 2 is 1.84 bits per heavy atom. The number of benzene rings is 2. The number of hydrogen-bond donors (Lipinski definition) is 1. The summed E-state index contributed by atoms with van der Waals surface area (Å²) in [6.07, 6.45) is 3.29. The SMILES string of the molecule is CCc1cc(-c2ccc3nc(C)[nH]c3c2)ccc1OCCC(C)CC. The minimum absolute atomic E-state index is 0.717. The highest BCUT2D eigenvalue weighted by molar-refractivity contribution is 5.82. The molecule has 0 fully saturated rings. The van der Waals surface area contributed by atoms with Crippen LogP contribution in [0.5, 0.6) is 5.75 Å². The van der Waals surface area contributed by atoms with Gasteiger partial charge in [0.1, 0.15) is 11.6 Å². The van der Waals surface area contributed by atoms with E-state index >= 15 is 0 Å². The van der Waals surface area contributed by atoms with Gasteiger partial charge in [0.2, 0.25) is 0 Å². The van der Waals surface area contributed by atoms with Crippen molar-refractivity contribution in [2.75, 3.05) is 6.61 Å². The van der Waals surface area contributed by atoms with Gasteiger partial charge in [0.05, 0.1) is 17.6 Å². The van der Waals surface area contributed by atoms with Crippen molar-refractivity contribution in [1.29, 1.82) is 0 Å². The van der Waals surface area contributed by atoms with Gasteiger partial charge in [-0.15, -0.1) is 0 Å². The van der Waals surface area contributed by atoms with Gasteiger partial charge in [0, 0.05) is 0 Å². The molecule has 132 valence electrons. The Hall–Kier alpha value is -2.29. The van der Waals surface area contributed by atoms with Gasteiger partial charge in [-0.25, -0.2) is 4.98 Å². The van der Waals surface area contributed by atoms with Gasteiger partial charge < -0.3 is 9.72 Å². The Bertz CT molecular complexity index is 850. The van der Waals surface area contributed by atoms with E-state index in [1.165, 1.54) is 23.1 Å². The van der Waals surface area contributed by atoms with Gasteiger partial charge in [-0.3, -0.25) is 0 Å². The number of nitrogens with one attached hydrogen (secondary N) is 1. The molecule has 0 radical (unpaired) electrons. The minimum atomic E-state index is 0.717. The van der Waals surface area contributed by atoms with E-state index in [9.17, 15) is 0 Å². The van der Waals surface area contributed by atoms with Crippen molar-refractivity contribution in [2.45, 2.75) is 47.0 Å². The number of aryl methyl sites for hydroxylation is 2. The molecular formula is C22H28N2O. The van der Waals surface area contributed by atoms with Crippen molar-refractivity contribution < 1.29 is 4.74 Å². The molecule has 0 saturated heterocycles. The van der Waals surface area contributed by atoms with Crippen LogP contribution in [0, 0.1) is 12.8 Å². The van der Waals surface area contributed by atoms with Crippen LogP contribution in [0.15, 0.2) is 36.4 Å². The summed E-state index contributed by atoms with van der Waals surface area (Å²) < 4.78 is 6.05. The smallest absolute Gasteiger partial charge is 0.122 e. The fourth-order valence-corrected chi connectivity index (χ4v) is 3.07. The zero-order valence-electron chi connectivity index (χ0n) is 15.7. The normalized spacial score (nSPS) is 12.5. The van der Waals surface area contributed by atoms with Gasteiger partial charge in [-0.1, -0.05) is 39.3 Å². The Balaban J connectivity index is 1.82. The van der Waals surface area contributed by atoms with E-state index in [4.69, 9.17) is 4.74 Å². The number of aromatic amines is 1. The maximum atomic E-state index is 6.05. The highest BCUT2D eigenvalue weighted by Gasteiger charge is 2.08. The van der Waals surface area contributed by atoms with E-state index in [1.54, 1.807) is 0 Å². The summed E-state index contributed by atoms with van der Waals surface area (Å²) in [5.74, 6) is 2.69. The molecule has 3 heteroatoms. The van der Waals surface area contributed by atoms with Crippen molar-refractivity contribution in [1.82, 2.24) is 9.97 Å². The first kappa shape index (κ1) is 17.5. The lowest BCUT2D eigenvalue weighted by Crippen LogP contribution is -2.04. The molecule has 0 spiro atoms. The van der Waals surface area contributed by atoms with Crippen LogP contribution in [0.4, 0.5) is 0 Å². The van der Waals surface area contributed by atoms with Crippen LogP contribution in [-0.4, -0.2) is 16.6 Å². The highest BCUT2D eigenvalue weighted by atomic mass is 16.5. The van der Waals surface area contributed by atoms with Crippen LogP contribution in [0.2, 0.25) is 0 Å². The van der Waals surface area contributed by atoms with Crippen molar-refractivity contribution in [3.63, 3.8) is 0 Å². The number of H-pyrrole nitrogens is 1. The summed E-state index contributed by atoms with van der Waals surface area (Å²) in [7, 11) is 0. The van der Waals surface area contributed by atoms with Crippen LogP contribution < -0.4 is 4.74 Å². The number of rotatable bonds is 7. The number of ether oxygens (including phenoxy) is 1. The van der Waals surface area contributed by atoms with E-state index in [1.807, 2.05) is 6.92 Å². The molecule has 1 N–H and O–H groups in total. The van der Waals surface area contributed by atoms with Gasteiger partial charge in [0.25, 0.3) is 0 Å². The molecule has 0 aliphatic carbocycles. The van der Waals surface area contributed by atoms with E-state index in [-0.39, 0.29) is 0 Å². The molecule has 3 rings (SSSR count). The topological polar surface area (TPSA) is 37.9 Å². The average molecular weight is 336 g/mol. The molecule has 0 amide bonds. The largest absolute Gasteiger partial charge is 0.493 e. The second-order valence-electron chi connectivity index (χ2n) is 6.88. The number of nitrogens with zero attached hydrogens (tertiary/aromatic N) is 1. The lowest BCUT2D eigenvalue weighted by atomic mass is 10.0. The summed E-state index contributed by atoms with van der Waals surface area (Å²) in [5, 5.41) is 0. The Kier molecular flexibility index (Phi) is 5.42. The van der Waals surface area contributed by atoms with Gasteiger partial charge in [-0.05, 0) is 66.6 Å². The Morgan fingerprint density at radius 3 is 2.60 bits per heavy atom. The summed E-state index contributed by atoms with van der Waals surface area (Å²) in [6.45, 7) is 9.47. The molecule has 1 aromatic heterocycles. The van der Waals surface area contributed by atoms with Crippen molar-refractivity contribution >= 4 is 11.0 Å². The van der Waals surface area contributed by atoms with Crippen LogP contribution in [0.1, 0.15) is 45.0 Å². The third kappa shape index (κ3) is 4.04. The van der Waals surface area contributed by atoms with Crippen molar-refractivity contribution in [3.8, 4) is 16.9 Å². The van der Waals surface area contributed by atoms with Crippen molar-refractivity contribution in [3.05, 3.63) is 47.8 Å². The predicted molar refractivity (Wildman–Crippen MR) is 105 cm³/mol. The molecule has 2 aromatic carbocycles. The van der Waals surface area contributed by atoms with E-state index in [0.29, 0.717) is 5.92 Å². The monoisotopic (exact) mass is 336 g/mol. The van der Waals surface area contributed by atoms with Gasteiger partial charge >= 0.3 is 0 Å². The molecule has 1 unspecified atom stereocenters. The highest BCUT2D eigenvalue weighted by Crippen LogP contribution is 2.29. The summed E-state index contributed by atoms with van der Waals surface area (Å²) >= 11 is 0.